The van der Waals surface area contributed by atoms with E-state index < -0.39 is 19.3 Å². The van der Waals surface area contributed by atoms with Crippen molar-refractivity contribution < 1.29 is 24.4 Å². The number of benzodiazepines with no additional fused rings is 1. The molecule has 0 bridgehead atoms. The van der Waals surface area contributed by atoms with Crippen LogP contribution in [-0.2, 0) is 16.0 Å². The first-order valence-corrected chi connectivity index (χ1v) is 14.4. The number of aliphatic imine (C=N–C) groups is 1. The Morgan fingerprint density at radius 2 is 1.77 bits per heavy atom. The van der Waals surface area contributed by atoms with Gasteiger partial charge in [0.2, 0.25) is 11.8 Å². The Bertz CT molecular complexity index is 1440. The van der Waals surface area contributed by atoms with E-state index in [4.69, 9.17) is 21.3 Å². The molecular weight excluding hydrogens is 571 g/mol. The van der Waals surface area contributed by atoms with Crippen LogP contribution in [0.25, 0.3) is 0 Å². The van der Waals surface area contributed by atoms with Crippen molar-refractivity contribution in [1.82, 2.24) is 21.5 Å². The summed E-state index contributed by atoms with van der Waals surface area (Å²) in [4.78, 5) is 30.5. The van der Waals surface area contributed by atoms with Crippen molar-refractivity contribution in [2.45, 2.75) is 32.0 Å². The maximum atomic E-state index is 13.1. The van der Waals surface area contributed by atoms with E-state index in [1.165, 1.54) is 0 Å². The third-order valence-electron chi connectivity index (χ3n) is 6.80. The molecule has 11 nitrogen and oxygen atoms in total. The topological polar surface area (TPSA) is 156 Å². The van der Waals surface area contributed by atoms with E-state index in [-0.39, 0.29) is 37.7 Å². The molecule has 1 aliphatic rings. The maximum Gasteiger partial charge on any atom is 0.488 e. The largest absolute Gasteiger partial charge is 0.497 e. The highest BCUT2D eigenvalue weighted by Gasteiger charge is 2.29. The predicted molar refractivity (Wildman–Crippen MR) is 169 cm³/mol. The molecule has 0 radical (unpaired) electrons. The Morgan fingerprint density at radius 1 is 1.02 bits per heavy atom. The predicted octanol–water partition coefficient (Wildman–Crippen LogP) is 0.965. The zero-order valence-electron chi connectivity index (χ0n) is 24.1. The number of carbonyl (C=O) groups is 2. The van der Waals surface area contributed by atoms with E-state index in [2.05, 4.69) is 26.8 Å². The van der Waals surface area contributed by atoms with Crippen LogP contribution in [0, 0.1) is 0 Å². The summed E-state index contributed by atoms with van der Waals surface area (Å²) in [6.45, 7) is 3.09. The SMILES string of the molecule is CCNNC1Nc2ccc(OC)cc2C(c2ccc(Cl)cc2)=NC1CC(=O)NCCNC(=O)Cc1cccc(B(O)O)c1. The van der Waals surface area contributed by atoms with Crippen molar-refractivity contribution >= 4 is 47.4 Å². The third-order valence-corrected chi connectivity index (χ3v) is 7.05. The fraction of sp³-hybridized carbons (Fsp3) is 0.300. The van der Waals surface area contributed by atoms with E-state index in [9.17, 15) is 19.6 Å². The molecule has 0 saturated carbocycles. The van der Waals surface area contributed by atoms with Crippen LogP contribution in [0.3, 0.4) is 0 Å². The quantitative estimate of drug-likeness (QED) is 0.0862. The second-order valence-corrected chi connectivity index (χ2v) is 10.4. The summed E-state index contributed by atoms with van der Waals surface area (Å²) in [5.41, 5.74) is 10.5. The summed E-state index contributed by atoms with van der Waals surface area (Å²) in [7, 11) is 0.00816. The van der Waals surface area contributed by atoms with Gasteiger partial charge in [0.15, 0.2) is 0 Å². The lowest BCUT2D eigenvalue weighted by Crippen LogP contribution is -2.52. The van der Waals surface area contributed by atoms with E-state index in [0.717, 1.165) is 16.8 Å². The lowest BCUT2D eigenvalue weighted by atomic mass is 9.79. The van der Waals surface area contributed by atoms with Gasteiger partial charge in [0, 0.05) is 41.5 Å². The van der Waals surface area contributed by atoms with E-state index >= 15 is 0 Å². The molecule has 0 fully saturated rings. The molecule has 2 unspecified atom stereocenters. The summed E-state index contributed by atoms with van der Waals surface area (Å²) in [6.07, 6.45) is -0.272. The summed E-state index contributed by atoms with van der Waals surface area (Å²) >= 11 is 6.16. The Hall–Kier alpha value is -3.94. The molecular formula is C30H36BClN6O5. The van der Waals surface area contributed by atoms with Crippen LogP contribution < -0.4 is 37.0 Å². The lowest BCUT2D eigenvalue weighted by Gasteiger charge is -2.26. The monoisotopic (exact) mass is 606 g/mol. The number of methoxy groups -OCH3 is 1. The molecule has 2 atom stereocenters. The number of anilines is 1. The molecule has 4 rings (SSSR count). The van der Waals surface area contributed by atoms with Gasteiger partial charge in [-0.05, 0) is 41.4 Å². The molecule has 0 aliphatic carbocycles. The molecule has 2 amide bonds. The van der Waals surface area contributed by atoms with Gasteiger partial charge >= 0.3 is 7.12 Å². The van der Waals surface area contributed by atoms with Gasteiger partial charge in [-0.15, -0.1) is 0 Å². The van der Waals surface area contributed by atoms with E-state index in [1.54, 1.807) is 43.5 Å². The number of rotatable bonds is 13. The number of hydrogen-bond donors (Lipinski definition) is 7. The molecule has 0 spiro atoms. The summed E-state index contributed by atoms with van der Waals surface area (Å²) < 4.78 is 5.48. The highest BCUT2D eigenvalue weighted by molar-refractivity contribution is 6.58. The van der Waals surface area contributed by atoms with Crippen LogP contribution in [0.15, 0.2) is 71.7 Å². The number of ether oxygens (including phenoxy) is 1. The average Bonchev–Trinajstić information content (AvgIpc) is 3.15. The van der Waals surface area contributed by atoms with Crippen LogP contribution in [0.4, 0.5) is 5.69 Å². The Kier molecular flexibility index (Phi) is 11.5. The number of hydrogen-bond acceptors (Lipinski definition) is 9. The van der Waals surface area contributed by atoms with Crippen molar-refractivity contribution in [3.8, 4) is 5.75 Å². The summed E-state index contributed by atoms with van der Waals surface area (Å²) in [6, 6.07) is 19.1. The normalized spacial score (nSPS) is 15.8. The maximum absolute atomic E-state index is 13.1. The highest BCUT2D eigenvalue weighted by Crippen LogP contribution is 2.30. The lowest BCUT2D eigenvalue weighted by molar-refractivity contribution is -0.122. The van der Waals surface area contributed by atoms with Gasteiger partial charge in [-0.25, -0.2) is 5.43 Å². The van der Waals surface area contributed by atoms with Crippen molar-refractivity contribution in [2.75, 3.05) is 32.1 Å². The fourth-order valence-corrected chi connectivity index (χ4v) is 4.79. The minimum atomic E-state index is -1.60. The van der Waals surface area contributed by atoms with Gasteiger partial charge in [0.05, 0.1) is 31.7 Å². The molecule has 0 aromatic heterocycles. The van der Waals surface area contributed by atoms with Gasteiger partial charge < -0.3 is 30.7 Å². The first-order valence-electron chi connectivity index (χ1n) is 14.0. The number of nitrogens with zero attached hydrogens (tertiary/aromatic N) is 1. The van der Waals surface area contributed by atoms with Crippen molar-refractivity contribution in [3.63, 3.8) is 0 Å². The van der Waals surface area contributed by atoms with Gasteiger partial charge in [-0.1, -0.05) is 54.9 Å². The number of halogens is 1. The van der Waals surface area contributed by atoms with Crippen LogP contribution in [-0.4, -0.2) is 73.6 Å². The van der Waals surface area contributed by atoms with E-state index in [1.807, 2.05) is 37.3 Å². The molecule has 3 aromatic carbocycles. The highest BCUT2D eigenvalue weighted by atomic mass is 35.5. The molecule has 43 heavy (non-hydrogen) atoms. The first-order chi connectivity index (χ1) is 20.8. The second kappa shape index (κ2) is 15.5. The molecule has 0 saturated heterocycles. The van der Waals surface area contributed by atoms with Crippen molar-refractivity contribution in [1.29, 1.82) is 0 Å². The van der Waals surface area contributed by atoms with Gasteiger partial charge in [0.25, 0.3) is 0 Å². The number of carbonyl (C=O) groups excluding carboxylic acids is 2. The molecule has 1 heterocycles. The van der Waals surface area contributed by atoms with Crippen molar-refractivity contribution in [3.05, 3.63) is 88.4 Å². The fourth-order valence-electron chi connectivity index (χ4n) is 4.67. The Morgan fingerprint density at radius 3 is 2.47 bits per heavy atom. The number of amides is 2. The molecule has 7 N–H and O–H groups in total. The number of nitrogens with one attached hydrogen (secondary N) is 5. The van der Waals surface area contributed by atoms with Gasteiger partial charge in [0.1, 0.15) is 11.9 Å². The number of benzene rings is 3. The second-order valence-electron chi connectivity index (χ2n) is 9.96. The van der Waals surface area contributed by atoms with Gasteiger partial charge in [-0.3, -0.25) is 20.0 Å². The Labute approximate surface area is 256 Å². The first kappa shape index (κ1) is 32.0. The third kappa shape index (κ3) is 9.03. The van der Waals surface area contributed by atoms with E-state index in [0.29, 0.717) is 34.1 Å². The molecule has 1 aliphatic heterocycles. The van der Waals surface area contributed by atoms with Crippen LogP contribution in [0.2, 0.25) is 5.02 Å². The smallest absolute Gasteiger partial charge is 0.488 e. The number of fused-ring (bicyclic) bond motifs is 1. The Balaban J connectivity index is 1.44. The molecule has 13 heteroatoms. The van der Waals surface area contributed by atoms with Gasteiger partial charge in [-0.2, -0.15) is 0 Å². The molecule has 3 aromatic rings. The standard InChI is InChI=1S/C30H36BClN6O5/c1-3-35-38-30-26(18-28(40)34-14-13-33-27(39)16-19-5-4-6-21(15-19)31(41)42)36-29(20-7-9-22(32)10-8-20)24-17-23(43-2)11-12-25(24)37-30/h4-12,15,17,26,30,35,37-38,41-42H,3,13-14,16,18H2,1-2H3,(H,33,39)(H,34,40). The number of hydrazine groups is 1. The summed E-state index contributed by atoms with van der Waals surface area (Å²) in [5, 5.41) is 28.4. The minimum absolute atomic E-state index is 0.0719. The van der Waals surface area contributed by atoms with Crippen molar-refractivity contribution in [2.24, 2.45) is 4.99 Å². The average molecular weight is 607 g/mol. The summed E-state index contributed by atoms with van der Waals surface area (Å²) in [5.74, 6) is 0.208. The van der Waals surface area contributed by atoms with Crippen LogP contribution in [0.1, 0.15) is 30.0 Å². The minimum Gasteiger partial charge on any atom is -0.497 e. The molecule has 226 valence electrons. The van der Waals surface area contributed by atoms with Crippen LogP contribution in [0.5, 0.6) is 5.75 Å². The van der Waals surface area contributed by atoms with Crippen LogP contribution >= 0.6 is 11.6 Å². The zero-order chi connectivity index (χ0) is 30.8. The zero-order valence-corrected chi connectivity index (χ0v) is 24.8.